The molecule has 0 unspecified atom stereocenters. The van der Waals surface area contributed by atoms with Gasteiger partial charge >= 0.3 is 0 Å². The fraction of sp³-hybridized carbons (Fsp3) is 0.125. The molecular weight excluding hydrogens is 144 g/mol. The maximum Gasteiger partial charge on any atom is 0.298 e. The molecule has 0 amide bonds. The van der Waals surface area contributed by atoms with Gasteiger partial charge in [0.15, 0.2) is 0 Å². The molecule has 0 saturated heterocycles. The highest BCUT2D eigenvalue weighted by Gasteiger charge is 1.91. The van der Waals surface area contributed by atoms with Gasteiger partial charge in [-0.2, -0.15) is 0 Å². The van der Waals surface area contributed by atoms with E-state index in [4.69, 9.17) is 5.11 Å². The molecule has 3 heteroatoms. The molecule has 0 atom stereocenters. The van der Waals surface area contributed by atoms with Crippen LogP contribution in [-0.4, -0.2) is 11.6 Å². The Morgan fingerprint density at radius 3 is 2.45 bits per heavy atom. The first-order valence-electron chi connectivity index (χ1n) is 3.17. The largest absolute Gasteiger partial charge is 0.429 e. The van der Waals surface area contributed by atoms with E-state index in [-0.39, 0.29) is 6.61 Å². The van der Waals surface area contributed by atoms with Crippen molar-refractivity contribution in [3.05, 3.63) is 29.8 Å². The summed E-state index contributed by atoms with van der Waals surface area (Å²) >= 11 is 0. The van der Waals surface area contributed by atoms with Crippen LogP contribution in [0.25, 0.3) is 0 Å². The molecule has 1 aromatic carbocycles. The summed E-state index contributed by atoms with van der Waals surface area (Å²) in [5.74, 6) is 0.484. The first kappa shape index (κ1) is 7.75. The highest BCUT2D eigenvalue weighted by atomic mass is 16.5. The monoisotopic (exact) mass is 152 g/mol. The summed E-state index contributed by atoms with van der Waals surface area (Å²) in [6.45, 7) is 0.370. The van der Waals surface area contributed by atoms with Gasteiger partial charge in [0, 0.05) is 0 Å². The van der Waals surface area contributed by atoms with Crippen molar-refractivity contribution in [2.75, 3.05) is 0 Å². The quantitative estimate of drug-likeness (QED) is 0.649. The number of benzene rings is 1. The number of aliphatic hydroxyl groups excluding tert-OH is 1. The maximum absolute atomic E-state index is 9.86. The molecular formula is C8H8O3. The van der Waals surface area contributed by atoms with Crippen molar-refractivity contribution in [3.63, 3.8) is 0 Å². The van der Waals surface area contributed by atoms with Crippen LogP contribution in [-0.2, 0) is 11.4 Å². The zero-order chi connectivity index (χ0) is 8.10. The van der Waals surface area contributed by atoms with Gasteiger partial charge in [-0.25, -0.2) is 0 Å². The maximum atomic E-state index is 9.86. The van der Waals surface area contributed by atoms with E-state index in [1.54, 1.807) is 24.3 Å². The van der Waals surface area contributed by atoms with Gasteiger partial charge in [-0.3, -0.25) is 4.79 Å². The number of rotatable bonds is 3. The molecule has 1 N–H and O–H groups in total. The molecule has 0 aliphatic rings. The average Bonchev–Trinajstić information content (AvgIpc) is 2.07. The van der Waals surface area contributed by atoms with E-state index in [2.05, 4.69) is 4.74 Å². The number of hydrogen-bond donors (Lipinski definition) is 1. The Labute approximate surface area is 64.2 Å². The molecule has 3 nitrogen and oxygen atoms in total. The van der Waals surface area contributed by atoms with Crippen molar-refractivity contribution >= 4 is 6.47 Å². The first-order chi connectivity index (χ1) is 5.36. The molecule has 0 radical (unpaired) electrons. The molecule has 0 aliphatic heterocycles. The van der Waals surface area contributed by atoms with Crippen LogP contribution < -0.4 is 4.74 Å². The van der Waals surface area contributed by atoms with Gasteiger partial charge in [0.25, 0.3) is 6.47 Å². The van der Waals surface area contributed by atoms with Crippen LogP contribution in [0.2, 0.25) is 0 Å². The average molecular weight is 152 g/mol. The predicted molar refractivity (Wildman–Crippen MR) is 39.1 cm³/mol. The third kappa shape index (κ3) is 2.05. The molecule has 0 aliphatic carbocycles. The standard InChI is InChI=1S/C8H8O3/c9-5-7-1-3-8(4-2-7)11-6-10/h1-4,6,9H,5H2. The van der Waals surface area contributed by atoms with E-state index in [0.717, 1.165) is 5.56 Å². The van der Waals surface area contributed by atoms with Gasteiger partial charge in [0.05, 0.1) is 6.61 Å². The third-order valence-electron chi connectivity index (χ3n) is 1.29. The van der Waals surface area contributed by atoms with Crippen LogP contribution >= 0.6 is 0 Å². The van der Waals surface area contributed by atoms with Crippen LogP contribution in [0, 0.1) is 0 Å². The molecule has 1 rings (SSSR count). The summed E-state index contributed by atoms with van der Waals surface area (Å²) in [5.41, 5.74) is 0.795. The molecule has 0 aromatic heterocycles. The lowest BCUT2D eigenvalue weighted by Crippen LogP contribution is -1.88. The van der Waals surface area contributed by atoms with Gasteiger partial charge in [0.2, 0.25) is 0 Å². The summed E-state index contributed by atoms with van der Waals surface area (Å²) in [5, 5.41) is 8.65. The number of carbonyl (C=O) groups is 1. The molecule has 0 heterocycles. The van der Waals surface area contributed by atoms with Crippen molar-refractivity contribution in [2.45, 2.75) is 6.61 Å². The van der Waals surface area contributed by atoms with E-state index in [0.29, 0.717) is 12.2 Å². The fourth-order valence-corrected chi connectivity index (χ4v) is 0.729. The minimum atomic E-state index is 0.00136. The van der Waals surface area contributed by atoms with Crippen molar-refractivity contribution in [1.29, 1.82) is 0 Å². The SMILES string of the molecule is O=COc1ccc(CO)cc1. The fourth-order valence-electron chi connectivity index (χ4n) is 0.729. The molecule has 0 fully saturated rings. The topological polar surface area (TPSA) is 46.5 Å². The minimum absolute atomic E-state index is 0.00136. The van der Waals surface area contributed by atoms with Gasteiger partial charge in [0.1, 0.15) is 5.75 Å². The van der Waals surface area contributed by atoms with Crippen molar-refractivity contribution in [2.24, 2.45) is 0 Å². The first-order valence-corrected chi connectivity index (χ1v) is 3.17. The molecule has 58 valence electrons. The molecule has 0 bridgehead atoms. The Hall–Kier alpha value is -1.35. The number of carbonyl (C=O) groups excluding carboxylic acids is 1. The summed E-state index contributed by atoms with van der Waals surface area (Å²) in [4.78, 5) is 9.86. The van der Waals surface area contributed by atoms with E-state index in [9.17, 15) is 4.79 Å². The lowest BCUT2D eigenvalue weighted by molar-refractivity contribution is -0.120. The van der Waals surface area contributed by atoms with Gasteiger partial charge in [-0.1, -0.05) is 12.1 Å². The Balaban J connectivity index is 2.74. The van der Waals surface area contributed by atoms with Crippen molar-refractivity contribution in [3.8, 4) is 5.75 Å². The molecule has 0 spiro atoms. The van der Waals surface area contributed by atoms with Crippen LogP contribution in [0.1, 0.15) is 5.56 Å². The molecule has 11 heavy (non-hydrogen) atoms. The second kappa shape index (κ2) is 3.73. The summed E-state index contributed by atoms with van der Waals surface area (Å²) in [6.07, 6.45) is 0. The van der Waals surface area contributed by atoms with Crippen LogP contribution in [0.15, 0.2) is 24.3 Å². The van der Waals surface area contributed by atoms with Crippen LogP contribution in [0.4, 0.5) is 0 Å². The highest BCUT2D eigenvalue weighted by molar-refractivity contribution is 5.45. The second-order valence-electron chi connectivity index (χ2n) is 2.02. The lowest BCUT2D eigenvalue weighted by atomic mass is 10.2. The number of aliphatic hydroxyl groups is 1. The highest BCUT2D eigenvalue weighted by Crippen LogP contribution is 2.10. The van der Waals surface area contributed by atoms with E-state index < -0.39 is 0 Å². The smallest absolute Gasteiger partial charge is 0.298 e. The normalized spacial score (nSPS) is 9.18. The van der Waals surface area contributed by atoms with Crippen LogP contribution in [0.3, 0.4) is 0 Å². The van der Waals surface area contributed by atoms with Crippen molar-refractivity contribution < 1.29 is 14.6 Å². The van der Waals surface area contributed by atoms with Crippen LogP contribution in [0.5, 0.6) is 5.75 Å². The van der Waals surface area contributed by atoms with E-state index in [1.165, 1.54) is 0 Å². The molecule has 1 aromatic rings. The Kier molecular flexibility index (Phi) is 2.63. The second-order valence-corrected chi connectivity index (χ2v) is 2.02. The van der Waals surface area contributed by atoms with Gasteiger partial charge in [-0.15, -0.1) is 0 Å². The zero-order valence-electron chi connectivity index (χ0n) is 5.86. The Bertz CT molecular complexity index is 228. The Morgan fingerprint density at radius 1 is 1.36 bits per heavy atom. The van der Waals surface area contributed by atoms with E-state index in [1.807, 2.05) is 0 Å². The third-order valence-corrected chi connectivity index (χ3v) is 1.29. The van der Waals surface area contributed by atoms with Crippen molar-refractivity contribution in [1.82, 2.24) is 0 Å². The lowest BCUT2D eigenvalue weighted by Gasteiger charge is -1.97. The zero-order valence-corrected chi connectivity index (χ0v) is 5.86. The van der Waals surface area contributed by atoms with Gasteiger partial charge < -0.3 is 9.84 Å². The molecule has 0 saturated carbocycles. The predicted octanol–water partition coefficient (Wildman–Crippen LogP) is 0.714. The number of ether oxygens (including phenoxy) is 1. The van der Waals surface area contributed by atoms with E-state index >= 15 is 0 Å². The minimum Gasteiger partial charge on any atom is -0.429 e. The summed E-state index contributed by atoms with van der Waals surface area (Å²) in [7, 11) is 0. The van der Waals surface area contributed by atoms with Gasteiger partial charge in [-0.05, 0) is 17.7 Å². The summed E-state index contributed by atoms with van der Waals surface area (Å²) in [6, 6.07) is 6.64. The number of hydrogen-bond acceptors (Lipinski definition) is 3. The Morgan fingerprint density at radius 2 is 2.00 bits per heavy atom. The summed E-state index contributed by atoms with van der Waals surface area (Å²) < 4.78 is 4.54.